The first-order valence-electron chi connectivity index (χ1n) is 4.62. The molecule has 2 aromatic rings. The predicted molar refractivity (Wildman–Crippen MR) is 57.2 cm³/mol. The summed E-state index contributed by atoms with van der Waals surface area (Å²) >= 11 is 1.00. The number of halogens is 2. The molecule has 3 nitrogen and oxygen atoms in total. The fraction of sp³-hybridized carbons (Fsp3) is 0.200. The Morgan fingerprint density at radius 3 is 2.50 bits per heavy atom. The van der Waals surface area contributed by atoms with E-state index in [1.54, 1.807) is 7.05 Å². The number of nitrogens with zero attached hydrogens (tertiary/aromatic N) is 2. The first kappa shape index (κ1) is 11.1. The van der Waals surface area contributed by atoms with E-state index in [2.05, 4.69) is 14.1 Å². The van der Waals surface area contributed by atoms with Gasteiger partial charge in [-0.25, -0.2) is 8.78 Å². The quantitative estimate of drug-likeness (QED) is 0.894. The number of hydrogen-bond acceptors (Lipinski definition) is 4. The van der Waals surface area contributed by atoms with Crippen molar-refractivity contribution in [2.45, 2.75) is 6.04 Å². The molecule has 1 heterocycles. The lowest BCUT2D eigenvalue weighted by atomic mass is 10.0. The Morgan fingerprint density at radius 1 is 1.31 bits per heavy atom. The van der Waals surface area contributed by atoms with Crippen molar-refractivity contribution in [1.82, 2.24) is 14.1 Å². The molecule has 1 aromatic carbocycles. The van der Waals surface area contributed by atoms with Gasteiger partial charge >= 0.3 is 0 Å². The maximum absolute atomic E-state index is 13.6. The topological polar surface area (TPSA) is 37.8 Å². The van der Waals surface area contributed by atoms with Crippen molar-refractivity contribution in [2.75, 3.05) is 7.05 Å². The smallest absolute Gasteiger partial charge is 0.131 e. The summed E-state index contributed by atoms with van der Waals surface area (Å²) in [5, 5.41) is 2.83. The van der Waals surface area contributed by atoms with Crippen molar-refractivity contribution in [1.29, 1.82) is 0 Å². The zero-order valence-electron chi connectivity index (χ0n) is 8.45. The Balaban J connectivity index is 2.49. The van der Waals surface area contributed by atoms with Gasteiger partial charge in [-0.1, -0.05) is 6.07 Å². The van der Waals surface area contributed by atoms with E-state index < -0.39 is 17.7 Å². The molecule has 6 heteroatoms. The average molecular weight is 241 g/mol. The molecule has 0 aliphatic carbocycles. The fourth-order valence-electron chi connectivity index (χ4n) is 1.53. The summed E-state index contributed by atoms with van der Waals surface area (Å²) in [4.78, 5) is 0. The Hall–Kier alpha value is -1.40. The third-order valence-electron chi connectivity index (χ3n) is 2.25. The highest BCUT2D eigenvalue weighted by molar-refractivity contribution is 6.99. The van der Waals surface area contributed by atoms with E-state index in [9.17, 15) is 8.78 Å². The molecule has 1 aromatic heterocycles. The summed E-state index contributed by atoms with van der Waals surface area (Å²) in [6.07, 6.45) is 1.50. The minimum absolute atomic E-state index is 0.0299. The SMILES string of the molecule is CNC(c1cnsn1)c1c(F)cccc1F. The Kier molecular flexibility index (Phi) is 3.21. The van der Waals surface area contributed by atoms with Crippen LogP contribution in [0.2, 0.25) is 0 Å². The summed E-state index contributed by atoms with van der Waals surface area (Å²) in [5.41, 5.74) is 0.481. The molecule has 84 valence electrons. The van der Waals surface area contributed by atoms with Gasteiger partial charge in [0.25, 0.3) is 0 Å². The average Bonchev–Trinajstić information content (AvgIpc) is 2.77. The monoisotopic (exact) mass is 241 g/mol. The summed E-state index contributed by atoms with van der Waals surface area (Å²) in [7, 11) is 1.62. The Labute approximate surface area is 95.5 Å². The highest BCUT2D eigenvalue weighted by Crippen LogP contribution is 2.25. The van der Waals surface area contributed by atoms with Crippen LogP contribution in [0.3, 0.4) is 0 Å². The van der Waals surface area contributed by atoms with Crippen molar-refractivity contribution >= 4 is 11.7 Å². The molecule has 1 N–H and O–H groups in total. The van der Waals surface area contributed by atoms with E-state index in [1.165, 1.54) is 24.4 Å². The maximum Gasteiger partial charge on any atom is 0.131 e. The van der Waals surface area contributed by atoms with Gasteiger partial charge in [0.15, 0.2) is 0 Å². The molecule has 0 radical (unpaired) electrons. The minimum atomic E-state index is -0.611. The standard InChI is InChI=1S/C10H9F2N3S/c1-13-10(8-5-14-16-15-8)9-6(11)3-2-4-7(9)12/h2-5,10,13H,1H3. The van der Waals surface area contributed by atoms with Gasteiger partial charge in [0.2, 0.25) is 0 Å². The van der Waals surface area contributed by atoms with Gasteiger partial charge in [-0.05, 0) is 19.2 Å². The highest BCUT2D eigenvalue weighted by Gasteiger charge is 2.22. The largest absolute Gasteiger partial charge is 0.308 e. The molecule has 0 fully saturated rings. The molecular formula is C10H9F2N3S. The Morgan fingerprint density at radius 2 is 2.00 bits per heavy atom. The normalized spacial score (nSPS) is 12.7. The molecule has 0 saturated heterocycles. The first-order chi connectivity index (χ1) is 7.74. The highest BCUT2D eigenvalue weighted by atomic mass is 32.1. The summed E-state index contributed by atoms with van der Waals surface area (Å²) in [6, 6.07) is 3.17. The van der Waals surface area contributed by atoms with Gasteiger partial charge in [-0.3, -0.25) is 0 Å². The van der Waals surface area contributed by atoms with E-state index in [4.69, 9.17) is 0 Å². The number of aromatic nitrogens is 2. The molecule has 0 aliphatic heterocycles. The third kappa shape index (κ3) is 1.94. The van der Waals surface area contributed by atoms with Crippen LogP contribution in [0.1, 0.15) is 17.3 Å². The fourth-order valence-corrected chi connectivity index (χ4v) is 1.97. The first-order valence-corrected chi connectivity index (χ1v) is 5.35. The van der Waals surface area contributed by atoms with Gasteiger partial charge in [-0.15, -0.1) is 0 Å². The molecule has 0 spiro atoms. The molecule has 1 unspecified atom stereocenters. The number of rotatable bonds is 3. The van der Waals surface area contributed by atoms with Crippen LogP contribution < -0.4 is 5.32 Å². The molecule has 16 heavy (non-hydrogen) atoms. The van der Waals surface area contributed by atoms with Crippen LogP contribution in [0.25, 0.3) is 0 Å². The lowest BCUT2D eigenvalue weighted by Crippen LogP contribution is -2.20. The molecule has 1 atom stereocenters. The minimum Gasteiger partial charge on any atom is -0.308 e. The van der Waals surface area contributed by atoms with Crippen LogP contribution in [0, 0.1) is 11.6 Å². The van der Waals surface area contributed by atoms with Gasteiger partial charge in [0.1, 0.15) is 11.6 Å². The van der Waals surface area contributed by atoms with E-state index in [0.717, 1.165) is 11.7 Å². The zero-order valence-corrected chi connectivity index (χ0v) is 9.26. The second-order valence-corrected chi connectivity index (χ2v) is 3.75. The summed E-state index contributed by atoms with van der Waals surface area (Å²) in [6.45, 7) is 0. The summed E-state index contributed by atoms with van der Waals surface area (Å²) in [5.74, 6) is -1.18. The van der Waals surface area contributed by atoms with Gasteiger partial charge in [0, 0.05) is 5.56 Å². The van der Waals surface area contributed by atoms with Crippen LogP contribution in [0.15, 0.2) is 24.4 Å². The number of nitrogens with one attached hydrogen (secondary N) is 1. The van der Waals surface area contributed by atoms with Crippen molar-refractivity contribution in [3.8, 4) is 0 Å². The molecule has 2 rings (SSSR count). The molecule has 0 aliphatic rings. The van der Waals surface area contributed by atoms with Crippen molar-refractivity contribution in [3.05, 3.63) is 47.3 Å². The van der Waals surface area contributed by atoms with Crippen molar-refractivity contribution in [3.63, 3.8) is 0 Å². The number of hydrogen-bond donors (Lipinski definition) is 1. The van der Waals surface area contributed by atoms with Gasteiger partial charge in [-0.2, -0.15) is 8.75 Å². The van der Waals surface area contributed by atoms with Crippen LogP contribution in [-0.4, -0.2) is 15.8 Å². The molecule has 0 saturated carbocycles. The molecular weight excluding hydrogens is 232 g/mol. The van der Waals surface area contributed by atoms with Crippen molar-refractivity contribution < 1.29 is 8.78 Å². The predicted octanol–water partition coefficient (Wildman–Crippen LogP) is 2.13. The maximum atomic E-state index is 13.6. The van der Waals surface area contributed by atoms with E-state index in [0.29, 0.717) is 5.69 Å². The van der Waals surface area contributed by atoms with Crippen LogP contribution >= 0.6 is 11.7 Å². The van der Waals surface area contributed by atoms with Crippen LogP contribution in [0.5, 0.6) is 0 Å². The summed E-state index contributed by atoms with van der Waals surface area (Å²) < 4.78 is 34.9. The van der Waals surface area contributed by atoms with E-state index in [-0.39, 0.29) is 5.56 Å². The molecule has 0 bridgehead atoms. The van der Waals surface area contributed by atoms with Gasteiger partial charge < -0.3 is 5.32 Å². The van der Waals surface area contributed by atoms with Gasteiger partial charge in [0.05, 0.1) is 29.7 Å². The Bertz CT molecular complexity index is 453. The van der Waals surface area contributed by atoms with Crippen molar-refractivity contribution in [2.24, 2.45) is 0 Å². The van der Waals surface area contributed by atoms with E-state index in [1.807, 2.05) is 0 Å². The second kappa shape index (κ2) is 4.63. The van der Waals surface area contributed by atoms with E-state index >= 15 is 0 Å². The zero-order chi connectivity index (χ0) is 11.5. The second-order valence-electron chi connectivity index (χ2n) is 3.19. The third-order valence-corrected chi connectivity index (χ3v) is 2.74. The van der Waals surface area contributed by atoms with Crippen LogP contribution in [0.4, 0.5) is 8.78 Å². The lowest BCUT2D eigenvalue weighted by molar-refractivity contribution is 0.519. The number of benzene rings is 1. The van der Waals surface area contributed by atoms with Crippen LogP contribution in [-0.2, 0) is 0 Å². The molecule has 0 amide bonds. The lowest BCUT2D eigenvalue weighted by Gasteiger charge is -2.15.